The predicted molar refractivity (Wildman–Crippen MR) is 60.4 cm³/mol. The van der Waals surface area contributed by atoms with Gasteiger partial charge in [-0.25, -0.2) is 0 Å². The summed E-state index contributed by atoms with van der Waals surface area (Å²) in [5, 5.41) is 19.8. The van der Waals surface area contributed by atoms with Crippen molar-refractivity contribution in [3.63, 3.8) is 0 Å². The first kappa shape index (κ1) is 11.4. The van der Waals surface area contributed by atoms with Crippen LogP contribution in [0.2, 0.25) is 0 Å². The van der Waals surface area contributed by atoms with Crippen LogP contribution < -0.4 is 0 Å². The second-order valence-corrected chi connectivity index (χ2v) is 5.93. The number of rotatable bonds is 1. The Morgan fingerprint density at radius 1 is 1.00 bits per heavy atom. The molecule has 0 saturated heterocycles. The van der Waals surface area contributed by atoms with E-state index in [1.807, 2.05) is 0 Å². The van der Waals surface area contributed by atoms with Crippen molar-refractivity contribution in [2.45, 2.75) is 58.2 Å². The van der Waals surface area contributed by atoms with Gasteiger partial charge in [-0.2, -0.15) is 0 Å². The number of aliphatic hydroxyl groups is 2. The smallest absolute Gasteiger partial charge is 0.0573 e. The molecule has 5 unspecified atom stereocenters. The molecule has 2 rings (SSSR count). The highest BCUT2D eigenvalue weighted by molar-refractivity contribution is 4.91. The lowest BCUT2D eigenvalue weighted by atomic mass is 9.63. The normalized spacial score (nSPS) is 46.6. The Labute approximate surface area is 92.7 Å². The Kier molecular flexibility index (Phi) is 3.36. The quantitative estimate of drug-likeness (QED) is 0.699. The van der Waals surface area contributed by atoms with Crippen LogP contribution in [0.25, 0.3) is 0 Å². The van der Waals surface area contributed by atoms with E-state index >= 15 is 0 Å². The van der Waals surface area contributed by atoms with Crippen molar-refractivity contribution in [2.75, 3.05) is 0 Å². The van der Waals surface area contributed by atoms with Gasteiger partial charge < -0.3 is 10.2 Å². The third kappa shape index (κ3) is 2.36. The summed E-state index contributed by atoms with van der Waals surface area (Å²) in [6.07, 6.45) is 4.83. The van der Waals surface area contributed by atoms with Crippen LogP contribution in [0.3, 0.4) is 0 Å². The number of aliphatic hydroxyl groups excluding tert-OH is 2. The minimum Gasteiger partial charge on any atom is -0.393 e. The molecule has 2 saturated carbocycles. The highest BCUT2D eigenvalue weighted by atomic mass is 16.3. The van der Waals surface area contributed by atoms with Gasteiger partial charge in [0, 0.05) is 0 Å². The van der Waals surface area contributed by atoms with E-state index in [1.165, 1.54) is 6.42 Å². The average molecular weight is 212 g/mol. The highest BCUT2D eigenvalue weighted by Gasteiger charge is 2.40. The van der Waals surface area contributed by atoms with Crippen LogP contribution >= 0.6 is 0 Å². The Hall–Kier alpha value is -0.0800. The molecule has 2 nitrogen and oxygen atoms in total. The van der Waals surface area contributed by atoms with Crippen molar-refractivity contribution >= 4 is 0 Å². The van der Waals surface area contributed by atoms with Crippen molar-refractivity contribution < 1.29 is 10.2 Å². The lowest BCUT2D eigenvalue weighted by Crippen LogP contribution is -2.42. The largest absolute Gasteiger partial charge is 0.393 e. The van der Waals surface area contributed by atoms with Gasteiger partial charge in [0.1, 0.15) is 0 Å². The van der Waals surface area contributed by atoms with Crippen molar-refractivity contribution in [2.24, 2.45) is 23.7 Å². The van der Waals surface area contributed by atoms with E-state index in [9.17, 15) is 10.2 Å². The molecule has 15 heavy (non-hydrogen) atoms. The van der Waals surface area contributed by atoms with E-state index in [-0.39, 0.29) is 12.2 Å². The van der Waals surface area contributed by atoms with Gasteiger partial charge in [0.15, 0.2) is 0 Å². The van der Waals surface area contributed by atoms with Gasteiger partial charge in [-0.05, 0) is 55.8 Å². The summed E-state index contributed by atoms with van der Waals surface area (Å²) >= 11 is 0. The zero-order valence-corrected chi connectivity index (χ0v) is 9.89. The molecular formula is C13H24O2. The van der Waals surface area contributed by atoms with Crippen LogP contribution in [0.15, 0.2) is 0 Å². The Morgan fingerprint density at radius 2 is 1.73 bits per heavy atom. The summed E-state index contributed by atoms with van der Waals surface area (Å²) in [6.45, 7) is 4.49. The fraction of sp³-hybridized carbons (Fsp3) is 1.00. The van der Waals surface area contributed by atoms with Crippen molar-refractivity contribution in [1.82, 2.24) is 0 Å². The van der Waals surface area contributed by atoms with Gasteiger partial charge in [0.25, 0.3) is 0 Å². The van der Waals surface area contributed by atoms with Crippen LogP contribution in [0.1, 0.15) is 46.0 Å². The second kappa shape index (κ2) is 4.42. The molecule has 2 aliphatic rings. The molecule has 0 aliphatic heterocycles. The average Bonchev–Trinajstić information content (AvgIpc) is 2.16. The fourth-order valence-electron chi connectivity index (χ4n) is 3.55. The standard InChI is InChI=1S/C13H24O2/c1-8(2)9-5-10-6-11(14)3-4-12(10)13(15)7-9/h8-15H,3-7H2,1-2H3. The predicted octanol–water partition coefficient (Wildman–Crippen LogP) is 2.19. The van der Waals surface area contributed by atoms with E-state index in [0.717, 1.165) is 25.7 Å². The molecule has 0 bridgehead atoms. The van der Waals surface area contributed by atoms with Crippen LogP contribution in [-0.4, -0.2) is 22.4 Å². The number of fused-ring (bicyclic) bond motifs is 1. The van der Waals surface area contributed by atoms with E-state index in [0.29, 0.717) is 23.7 Å². The monoisotopic (exact) mass is 212 g/mol. The molecule has 0 amide bonds. The maximum Gasteiger partial charge on any atom is 0.0573 e. The van der Waals surface area contributed by atoms with E-state index in [4.69, 9.17) is 0 Å². The molecule has 0 spiro atoms. The topological polar surface area (TPSA) is 40.5 Å². The Morgan fingerprint density at radius 3 is 2.40 bits per heavy atom. The van der Waals surface area contributed by atoms with E-state index in [2.05, 4.69) is 13.8 Å². The van der Waals surface area contributed by atoms with Crippen LogP contribution in [0.4, 0.5) is 0 Å². The first-order valence-corrected chi connectivity index (χ1v) is 6.44. The van der Waals surface area contributed by atoms with Crippen molar-refractivity contribution in [3.05, 3.63) is 0 Å². The fourth-order valence-corrected chi connectivity index (χ4v) is 3.55. The molecule has 0 aromatic heterocycles. The molecule has 5 atom stereocenters. The van der Waals surface area contributed by atoms with E-state index in [1.54, 1.807) is 0 Å². The maximum atomic E-state index is 10.1. The molecule has 2 heteroatoms. The molecule has 2 N–H and O–H groups in total. The second-order valence-electron chi connectivity index (χ2n) is 5.93. The molecule has 2 fully saturated rings. The molecule has 0 heterocycles. The Balaban J connectivity index is 2.02. The third-order valence-electron chi connectivity index (χ3n) is 4.60. The van der Waals surface area contributed by atoms with Gasteiger partial charge in [0.05, 0.1) is 12.2 Å². The zero-order valence-electron chi connectivity index (χ0n) is 9.89. The van der Waals surface area contributed by atoms with Gasteiger partial charge in [-0.3, -0.25) is 0 Å². The molecule has 88 valence electrons. The van der Waals surface area contributed by atoms with Crippen LogP contribution in [0.5, 0.6) is 0 Å². The Bertz CT molecular complexity index is 215. The van der Waals surface area contributed by atoms with Crippen molar-refractivity contribution in [3.8, 4) is 0 Å². The van der Waals surface area contributed by atoms with Crippen LogP contribution in [-0.2, 0) is 0 Å². The van der Waals surface area contributed by atoms with Gasteiger partial charge in [-0.15, -0.1) is 0 Å². The summed E-state index contributed by atoms with van der Waals surface area (Å²) in [6, 6.07) is 0. The zero-order chi connectivity index (χ0) is 11.0. The molecule has 0 aromatic rings. The maximum absolute atomic E-state index is 10.1. The third-order valence-corrected chi connectivity index (χ3v) is 4.60. The summed E-state index contributed by atoms with van der Waals surface area (Å²) in [5.41, 5.74) is 0. The lowest BCUT2D eigenvalue weighted by Gasteiger charge is -2.45. The van der Waals surface area contributed by atoms with Gasteiger partial charge >= 0.3 is 0 Å². The summed E-state index contributed by atoms with van der Waals surface area (Å²) in [4.78, 5) is 0. The van der Waals surface area contributed by atoms with Gasteiger partial charge in [0.2, 0.25) is 0 Å². The molecule has 2 aliphatic carbocycles. The van der Waals surface area contributed by atoms with Crippen molar-refractivity contribution in [1.29, 1.82) is 0 Å². The van der Waals surface area contributed by atoms with E-state index < -0.39 is 0 Å². The summed E-state index contributed by atoms with van der Waals surface area (Å²) < 4.78 is 0. The minimum absolute atomic E-state index is 0.107. The summed E-state index contributed by atoms with van der Waals surface area (Å²) in [5.74, 6) is 2.37. The minimum atomic E-state index is -0.108. The molecule has 0 aromatic carbocycles. The summed E-state index contributed by atoms with van der Waals surface area (Å²) in [7, 11) is 0. The lowest BCUT2D eigenvalue weighted by molar-refractivity contribution is -0.0513. The van der Waals surface area contributed by atoms with Gasteiger partial charge in [-0.1, -0.05) is 13.8 Å². The first-order valence-electron chi connectivity index (χ1n) is 6.44. The van der Waals surface area contributed by atoms with Crippen LogP contribution in [0, 0.1) is 23.7 Å². The number of hydrogen-bond acceptors (Lipinski definition) is 2. The molecular weight excluding hydrogens is 188 g/mol. The number of hydrogen-bond donors (Lipinski definition) is 2. The first-order chi connectivity index (χ1) is 7.08. The molecule has 0 radical (unpaired) electrons. The SMILES string of the molecule is CC(C)C1CC(O)C2CCC(O)CC2C1. The highest BCUT2D eigenvalue weighted by Crippen LogP contribution is 2.44.